The molecule has 0 atom stereocenters. The highest BCUT2D eigenvalue weighted by Crippen LogP contribution is 2.45. The summed E-state index contributed by atoms with van der Waals surface area (Å²) in [6.07, 6.45) is 11.4. The normalized spacial score (nSPS) is 16.2. The second-order valence-corrected chi connectivity index (χ2v) is 12.5. The van der Waals surface area contributed by atoms with Gasteiger partial charge in [0.25, 0.3) is 5.91 Å². The minimum absolute atomic E-state index is 0.118. The van der Waals surface area contributed by atoms with Gasteiger partial charge in [0, 0.05) is 54.7 Å². The van der Waals surface area contributed by atoms with Gasteiger partial charge >= 0.3 is 6.61 Å². The number of likely N-dealkylation sites (tertiary alicyclic amines) is 1. The highest BCUT2D eigenvalue weighted by Gasteiger charge is 2.45. The summed E-state index contributed by atoms with van der Waals surface area (Å²) in [4.78, 5) is 35.9. The van der Waals surface area contributed by atoms with Gasteiger partial charge in [0.15, 0.2) is 5.65 Å². The van der Waals surface area contributed by atoms with Crippen LogP contribution in [-0.4, -0.2) is 91.6 Å². The molecule has 1 N–H and O–H groups in total. The van der Waals surface area contributed by atoms with Gasteiger partial charge in [0.1, 0.15) is 23.6 Å². The fourth-order valence-corrected chi connectivity index (χ4v) is 6.29. The highest BCUT2D eigenvalue weighted by atomic mass is 32.2. The number of thioether (sulfide) groups is 1. The van der Waals surface area contributed by atoms with Crippen molar-refractivity contribution >= 4 is 34.9 Å². The number of ether oxygens (including phenoxy) is 1. The molecule has 2 amide bonds. The molecule has 12 nitrogen and oxygen atoms in total. The van der Waals surface area contributed by atoms with E-state index >= 15 is 0 Å². The van der Waals surface area contributed by atoms with Gasteiger partial charge in [-0.1, -0.05) is 0 Å². The summed E-state index contributed by atoms with van der Waals surface area (Å²) >= 11 is 1.41. The molecule has 1 aliphatic carbocycles. The predicted octanol–water partition coefficient (Wildman–Crippen LogP) is 4.39. The Kier molecular flexibility index (Phi) is 8.92. The molecule has 240 valence electrons. The molecule has 2 fully saturated rings. The molecule has 1 saturated carbocycles. The van der Waals surface area contributed by atoms with Crippen LogP contribution < -0.4 is 10.1 Å². The number of halogens is 2. The number of hydrogen-bond acceptors (Lipinski definition) is 9. The fraction of sp³-hybridized carbons (Fsp3) is 0.419. The summed E-state index contributed by atoms with van der Waals surface area (Å²) in [5.41, 5.74) is 0.934. The van der Waals surface area contributed by atoms with E-state index in [4.69, 9.17) is 4.74 Å². The molecule has 0 radical (unpaired) electrons. The molecule has 1 saturated heterocycles. The summed E-state index contributed by atoms with van der Waals surface area (Å²) in [5.74, 6) is -0.806. The van der Waals surface area contributed by atoms with Gasteiger partial charge in [-0.15, -0.1) is 11.8 Å². The predicted molar refractivity (Wildman–Crippen MR) is 167 cm³/mol. The number of anilines is 1. The molecule has 0 unspecified atom stereocenters. The minimum atomic E-state index is -3.08. The quantitative estimate of drug-likeness (QED) is 0.235. The molecule has 1 aromatic carbocycles. The number of amides is 2. The minimum Gasteiger partial charge on any atom is -0.434 e. The van der Waals surface area contributed by atoms with E-state index in [0.717, 1.165) is 37.1 Å². The molecule has 46 heavy (non-hydrogen) atoms. The van der Waals surface area contributed by atoms with Gasteiger partial charge in [0.05, 0.1) is 23.4 Å². The number of alkyl halides is 2. The first kappa shape index (κ1) is 31.4. The summed E-state index contributed by atoms with van der Waals surface area (Å²) in [6, 6.07) is 9.16. The van der Waals surface area contributed by atoms with Crippen LogP contribution in [-0.2, 0) is 11.3 Å². The summed E-state index contributed by atoms with van der Waals surface area (Å²) < 4.78 is 34.5. The number of nitrogens with zero attached hydrogens (tertiary/aromatic N) is 8. The number of aromatic nitrogens is 5. The lowest BCUT2D eigenvalue weighted by atomic mass is 10.0. The van der Waals surface area contributed by atoms with E-state index in [1.807, 2.05) is 13.3 Å². The summed E-state index contributed by atoms with van der Waals surface area (Å²) in [7, 11) is 2.04. The van der Waals surface area contributed by atoms with Gasteiger partial charge in [-0.05, 0) is 63.3 Å². The maximum absolute atomic E-state index is 13.4. The molecular weight excluding hydrogens is 616 g/mol. The van der Waals surface area contributed by atoms with Crippen molar-refractivity contribution in [2.75, 3.05) is 38.3 Å². The van der Waals surface area contributed by atoms with Crippen molar-refractivity contribution in [3.63, 3.8) is 0 Å². The smallest absolute Gasteiger partial charge is 0.387 e. The van der Waals surface area contributed by atoms with Crippen LogP contribution in [0.5, 0.6) is 5.75 Å². The lowest BCUT2D eigenvalue weighted by molar-refractivity contribution is -0.133. The van der Waals surface area contributed by atoms with Gasteiger partial charge in [-0.2, -0.15) is 24.2 Å². The van der Waals surface area contributed by atoms with Crippen molar-refractivity contribution in [2.24, 2.45) is 5.41 Å². The standard InChI is InChI=1S/C31H33F2N9O3S/c1-39(19-31(18-34)8-9-31)20-6-12-40(13-7-20)26(43)17-41-16-24(37-29(44)23-15-36-42-11-3-10-35-28(23)42)27(38-41)22-14-21(46-2)4-5-25(22)45-30(32)33/h3-5,10-11,14-16,20,30H,6-9,12-13,17,19H2,1-2H3,(H,37,44). The largest absolute Gasteiger partial charge is 0.434 e. The van der Waals surface area contributed by atoms with Crippen LogP contribution in [0.15, 0.2) is 53.9 Å². The molecule has 4 aromatic rings. The zero-order chi connectivity index (χ0) is 32.4. The monoisotopic (exact) mass is 649 g/mol. The van der Waals surface area contributed by atoms with Crippen LogP contribution in [0.1, 0.15) is 36.0 Å². The second-order valence-electron chi connectivity index (χ2n) is 11.6. The first-order valence-electron chi connectivity index (χ1n) is 14.9. The number of carbonyl (C=O) groups is 2. The van der Waals surface area contributed by atoms with Crippen LogP contribution in [0.2, 0.25) is 0 Å². The Labute approximate surface area is 268 Å². The van der Waals surface area contributed by atoms with Crippen LogP contribution in [0.25, 0.3) is 16.9 Å². The zero-order valence-corrected chi connectivity index (χ0v) is 26.2. The van der Waals surface area contributed by atoms with Crippen LogP contribution >= 0.6 is 11.8 Å². The van der Waals surface area contributed by atoms with Crippen molar-refractivity contribution in [3.05, 3.63) is 54.6 Å². The van der Waals surface area contributed by atoms with E-state index in [1.165, 1.54) is 39.4 Å². The van der Waals surface area contributed by atoms with E-state index in [1.54, 1.807) is 35.5 Å². The fourth-order valence-electron chi connectivity index (χ4n) is 5.85. The Hall–Kier alpha value is -4.55. The Bertz CT molecular complexity index is 1790. The summed E-state index contributed by atoms with van der Waals surface area (Å²) in [6.45, 7) is -1.33. The number of fused-ring (bicyclic) bond motifs is 1. The molecular formula is C31H33F2N9O3S. The number of nitriles is 1. The number of hydrogen-bond donors (Lipinski definition) is 1. The molecule has 1 aliphatic heterocycles. The van der Waals surface area contributed by atoms with Crippen LogP contribution in [0, 0.1) is 16.7 Å². The van der Waals surface area contributed by atoms with Crippen molar-refractivity contribution in [3.8, 4) is 23.1 Å². The third-order valence-corrected chi connectivity index (χ3v) is 9.30. The molecule has 6 rings (SSSR count). The third-order valence-electron chi connectivity index (χ3n) is 8.57. The molecule has 3 aromatic heterocycles. The SMILES string of the molecule is CSc1ccc(OC(F)F)c(-c2nn(CC(=O)N3CCC(N(C)CC4(C#N)CC4)CC3)cc2NC(=O)c2cnn3cccnc23)c1. The Morgan fingerprint density at radius 3 is 2.76 bits per heavy atom. The lowest BCUT2D eigenvalue weighted by Gasteiger charge is -2.37. The maximum Gasteiger partial charge on any atom is 0.387 e. The highest BCUT2D eigenvalue weighted by molar-refractivity contribution is 7.98. The lowest BCUT2D eigenvalue weighted by Crippen LogP contribution is -2.47. The third kappa shape index (κ3) is 6.68. The molecule has 2 aliphatic rings. The van der Waals surface area contributed by atoms with Crippen LogP contribution in [0.4, 0.5) is 14.5 Å². The number of nitrogens with one attached hydrogen (secondary N) is 1. The summed E-state index contributed by atoms with van der Waals surface area (Å²) in [5, 5.41) is 21.1. The number of piperidine rings is 1. The van der Waals surface area contributed by atoms with Crippen LogP contribution in [0.3, 0.4) is 0 Å². The molecule has 4 heterocycles. The zero-order valence-electron chi connectivity index (χ0n) is 25.4. The van der Waals surface area contributed by atoms with Gasteiger partial charge in [-0.25, -0.2) is 9.50 Å². The van der Waals surface area contributed by atoms with E-state index in [-0.39, 0.29) is 46.1 Å². The average molecular weight is 650 g/mol. The number of carbonyl (C=O) groups excluding carboxylic acids is 2. The Morgan fingerprint density at radius 2 is 2.07 bits per heavy atom. The molecule has 0 spiro atoms. The number of benzene rings is 1. The van der Waals surface area contributed by atoms with E-state index < -0.39 is 12.5 Å². The van der Waals surface area contributed by atoms with Gasteiger partial charge in [-0.3, -0.25) is 14.3 Å². The van der Waals surface area contributed by atoms with E-state index in [2.05, 4.69) is 31.5 Å². The van der Waals surface area contributed by atoms with E-state index in [9.17, 15) is 23.6 Å². The second kappa shape index (κ2) is 13.1. The number of rotatable bonds is 11. The van der Waals surface area contributed by atoms with Crippen molar-refractivity contribution in [2.45, 2.75) is 49.8 Å². The maximum atomic E-state index is 13.4. The average Bonchev–Trinajstić information content (AvgIpc) is 3.51. The van der Waals surface area contributed by atoms with Crippen molar-refractivity contribution in [1.82, 2.24) is 34.2 Å². The Morgan fingerprint density at radius 1 is 1.28 bits per heavy atom. The first-order chi connectivity index (χ1) is 22.2. The molecule has 0 bridgehead atoms. The van der Waals surface area contributed by atoms with Gasteiger partial charge < -0.3 is 19.9 Å². The van der Waals surface area contributed by atoms with Gasteiger partial charge in [0.2, 0.25) is 5.91 Å². The molecule has 15 heteroatoms. The van der Waals surface area contributed by atoms with E-state index in [0.29, 0.717) is 24.8 Å². The van der Waals surface area contributed by atoms with Crippen molar-refractivity contribution < 1.29 is 23.1 Å². The van der Waals surface area contributed by atoms with Crippen molar-refractivity contribution in [1.29, 1.82) is 5.26 Å². The first-order valence-corrected chi connectivity index (χ1v) is 16.1. The Balaban J connectivity index is 1.24. The topological polar surface area (TPSA) is 134 Å².